The second kappa shape index (κ2) is 6.85. The molecule has 4 rings (SSSR count). The molecular weight excluding hydrogens is 377 g/mol. The van der Waals surface area contributed by atoms with Crippen LogP contribution in [0.25, 0.3) is 0 Å². The lowest BCUT2D eigenvalue weighted by molar-refractivity contribution is -0.290. The molecule has 0 aliphatic heterocycles. The van der Waals surface area contributed by atoms with Crippen molar-refractivity contribution in [1.82, 2.24) is 0 Å². The van der Waals surface area contributed by atoms with Crippen molar-refractivity contribution < 1.29 is 23.4 Å². The number of hydrogen-bond acceptors (Lipinski definition) is 2. The molecule has 5 heteroatoms. The van der Waals surface area contributed by atoms with Crippen LogP contribution in [-0.2, 0) is 0 Å². The average molecular weight is 417 g/mol. The smallest absolute Gasteiger partial charge is 0.393 e. The van der Waals surface area contributed by atoms with Gasteiger partial charge in [-0.2, -0.15) is 13.2 Å². The summed E-state index contributed by atoms with van der Waals surface area (Å²) < 4.78 is 40.4. The van der Waals surface area contributed by atoms with E-state index in [2.05, 4.69) is 20.8 Å². The normalized spacial score (nSPS) is 52.2. The van der Waals surface area contributed by atoms with E-state index in [4.69, 9.17) is 0 Å². The van der Waals surface area contributed by atoms with E-state index < -0.39 is 11.8 Å². The van der Waals surface area contributed by atoms with Gasteiger partial charge in [-0.25, -0.2) is 0 Å². The van der Waals surface area contributed by atoms with Gasteiger partial charge in [0.25, 0.3) is 0 Å². The minimum atomic E-state index is -4.52. The summed E-state index contributed by atoms with van der Waals surface area (Å²) in [5, 5.41) is 20.6. The number of rotatable bonds is 2. The van der Waals surface area contributed by atoms with E-state index >= 15 is 0 Å². The van der Waals surface area contributed by atoms with Crippen molar-refractivity contribution in [3.05, 3.63) is 0 Å². The van der Waals surface area contributed by atoms with Gasteiger partial charge in [0.05, 0.1) is 6.10 Å². The van der Waals surface area contributed by atoms with Gasteiger partial charge in [0, 0.05) is 0 Å². The highest BCUT2D eigenvalue weighted by Gasteiger charge is 2.65. The van der Waals surface area contributed by atoms with Crippen LogP contribution in [-0.4, -0.2) is 28.1 Å². The van der Waals surface area contributed by atoms with Crippen molar-refractivity contribution in [3.8, 4) is 0 Å². The molecule has 10 atom stereocenters. The molecule has 0 aromatic heterocycles. The Morgan fingerprint density at radius 2 is 1.52 bits per heavy atom. The summed E-state index contributed by atoms with van der Waals surface area (Å²) in [5.74, 6) is 2.53. The highest BCUT2D eigenvalue weighted by atomic mass is 19.4. The van der Waals surface area contributed by atoms with E-state index in [1.807, 2.05) is 6.92 Å². The standard InChI is InChI=1S/C24H39F3O2/c1-14(15(2)28)18-7-8-19-17-6-5-16-13-23(29,24(25,26)27)12-11-21(16,3)20(17)9-10-22(18,19)4/h14-20,28-29H,5-13H2,1-4H3/t14-,15-,16+,17+,18-,19+,20+,21+,22-,23+/m1/s1. The lowest BCUT2D eigenvalue weighted by Crippen LogP contribution is -2.59. The van der Waals surface area contributed by atoms with Gasteiger partial charge in [-0.05, 0) is 111 Å². The largest absolute Gasteiger partial charge is 0.417 e. The molecular formula is C24H39F3O2. The fraction of sp³-hybridized carbons (Fsp3) is 1.00. The molecule has 4 fully saturated rings. The van der Waals surface area contributed by atoms with Crippen molar-refractivity contribution in [2.75, 3.05) is 0 Å². The van der Waals surface area contributed by atoms with E-state index in [-0.39, 0.29) is 35.7 Å². The Morgan fingerprint density at radius 3 is 2.14 bits per heavy atom. The van der Waals surface area contributed by atoms with Crippen molar-refractivity contribution in [3.63, 3.8) is 0 Å². The lowest BCUT2D eigenvalue weighted by atomic mass is 9.43. The van der Waals surface area contributed by atoms with Crippen LogP contribution >= 0.6 is 0 Å². The zero-order valence-electron chi connectivity index (χ0n) is 18.4. The number of fused-ring (bicyclic) bond motifs is 5. The number of halogens is 3. The van der Waals surface area contributed by atoms with Gasteiger partial charge >= 0.3 is 6.18 Å². The molecule has 2 nitrogen and oxygen atoms in total. The fourth-order valence-electron chi connectivity index (χ4n) is 8.74. The summed E-state index contributed by atoms with van der Waals surface area (Å²) in [4.78, 5) is 0. The van der Waals surface area contributed by atoms with Gasteiger partial charge in [-0.1, -0.05) is 20.8 Å². The monoisotopic (exact) mass is 416 g/mol. The van der Waals surface area contributed by atoms with E-state index in [0.29, 0.717) is 36.0 Å². The topological polar surface area (TPSA) is 40.5 Å². The maximum Gasteiger partial charge on any atom is 0.417 e. The molecule has 4 aliphatic carbocycles. The summed E-state index contributed by atoms with van der Waals surface area (Å²) in [5.41, 5.74) is -2.31. The van der Waals surface area contributed by atoms with Crippen LogP contribution in [0, 0.1) is 46.3 Å². The van der Waals surface area contributed by atoms with E-state index in [1.165, 1.54) is 12.8 Å². The molecule has 0 amide bonds. The minimum Gasteiger partial charge on any atom is -0.393 e. The van der Waals surface area contributed by atoms with Gasteiger partial charge in [0.2, 0.25) is 0 Å². The second-order valence-corrected chi connectivity index (χ2v) is 11.7. The quantitative estimate of drug-likeness (QED) is 0.583. The van der Waals surface area contributed by atoms with Crippen LogP contribution in [0.4, 0.5) is 13.2 Å². The Kier molecular flexibility index (Phi) is 5.18. The zero-order chi connectivity index (χ0) is 21.4. The van der Waals surface area contributed by atoms with Gasteiger partial charge in [0.15, 0.2) is 5.60 Å². The highest BCUT2D eigenvalue weighted by molar-refractivity contribution is 5.11. The van der Waals surface area contributed by atoms with Crippen LogP contribution < -0.4 is 0 Å². The summed E-state index contributed by atoms with van der Waals surface area (Å²) in [7, 11) is 0. The third kappa shape index (κ3) is 3.11. The molecule has 0 heterocycles. The predicted octanol–water partition coefficient (Wildman–Crippen LogP) is 5.96. The SMILES string of the molecule is C[C@@H]([C@H]1CC[C@H]2[C@@H]3CC[C@H]4C[C@](O)(C(F)(F)F)CC[C@]4(C)[C@H]3CC[C@]12C)[C@@H](C)O. The summed E-state index contributed by atoms with van der Waals surface area (Å²) in [6, 6.07) is 0. The van der Waals surface area contributed by atoms with Crippen LogP contribution in [0.2, 0.25) is 0 Å². The van der Waals surface area contributed by atoms with Crippen molar-refractivity contribution in [1.29, 1.82) is 0 Å². The van der Waals surface area contributed by atoms with E-state index in [9.17, 15) is 23.4 Å². The molecule has 2 N–H and O–H groups in total. The average Bonchev–Trinajstić information content (AvgIpc) is 2.98. The number of aliphatic hydroxyl groups excluding tert-OH is 1. The molecule has 0 saturated heterocycles. The molecule has 0 aromatic rings. The molecule has 0 aromatic carbocycles. The summed E-state index contributed by atoms with van der Waals surface area (Å²) in [6.07, 6.45) is 1.85. The Balaban J connectivity index is 1.56. The molecule has 29 heavy (non-hydrogen) atoms. The number of hydrogen-bond donors (Lipinski definition) is 2. The molecule has 0 radical (unpaired) electrons. The van der Waals surface area contributed by atoms with Crippen LogP contribution in [0.15, 0.2) is 0 Å². The predicted molar refractivity (Wildman–Crippen MR) is 107 cm³/mol. The van der Waals surface area contributed by atoms with Gasteiger partial charge in [0.1, 0.15) is 0 Å². The van der Waals surface area contributed by atoms with Crippen LogP contribution in [0.3, 0.4) is 0 Å². The number of alkyl halides is 3. The first kappa shape index (κ1) is 21.9. The van der Waals surface area contributed by atoms with E-state index in [0.717, 1.165) is 25.7 Å². The Hall–Kier alpha value is -0.290. The van der Waals surface area contributed by atoms with Crippen molar-refractivity contribution in [2.45, 2.75) is 103 Å². The third-order valence-corrected chi connectivity index (χ3v) is 10.7. The maximum absolute atomic E-state index is 13.5. The third-order valence-electron chi connectivity index (χ3n) is 10.7. The molecule has 4 saturated carbocycles. The Labute approximate surface area is 173 Å². The molecule has 0 bridgehead atoms. The molecule has 0 spiro atoms. The van der Waals surface area contributed by atoms with Crippen molar-refractivity contribution in [2.24, 2.45) is 46.3 Å². The van der Waals surface area contributed by atoms with Crippen LogP contribution in [0.5, 0.6) is 0 Å². The fourth-order valence-corrected chi connectivity index (χ4v) is 8.74. The zero-order valence-corrected chi connectivity index (χ0v) is 18.4. The molecule has 4 aliphatic rings. The second-order valence-electron chi connectivity index (χ2n) is 11.7. The van der Waals surface area contributed by atoms with Crippen molar-refractivity contribution >= 4 is 0 Å². The van der Waals surface area contributed by atoms with E-state index in [1.54, 1.807) is 0 Å². The lowest BCUT2D eigenvalue weighted by Gasteiger charge is -2.62. The summed E-state index contributed by atoms with van der Waals surface area (Å²) in [6.45, 7) is 8.76. The maximum atomic E-state index is 13.5. The van der Waals surface area contributed by atoms with Gasteiger partial charge in [-0.15, -0.1) is 0 Å². The first-order chi connectivity index (χ1) is 13.3. The van der Waals surface area contributed by atoms with Gasteiger partial charge in [-0.3, -0.25) is 0 Å². The molecule has 168 valence electrons. The van der Waals surface area contributed by atoms with Crippen LogP contribution in [0.1, 0.15) is 85.5 Å². The summed E-state index contributed by atoms with van der Waals surface area (Å²) >= 11 is 0. The minimum absolute atomic E-state index is 0.0259. The van der Waals surface area contributed by atoms with Gasteiger partial charge < -0.3 is 10.2 Å². The first-order valence-corrected chi connectivity index (χ1v) is 11.8. The Bertz CT molecular complexity index is 634. The first-order valence-electron chi connectivity index (χ1n) is 11.8. The highest BCUT2D eigenvalue weighted by Crippen LogP contribution is 2.69. The Morgan fingerprint density at radius 1 is 0.862 bits per heavy atom. The molecule has 0 unspecified atom stereocenters. The number of aliphatic hydroxyl groups is 2.